The Balaban J connectivity index is 1.95. The molecule has 1 aromatic rings. The minimum Gasteiger partial charge on any atom is -0.393 e. The molecule has 2 nitrogen and oxygen atoms in total. The number of thiocarbonyl (C=S) groups is 1. The molecular weight excluding hydrogens is 228 g/mol. The lowest BCUT2D eigenvalue weighted by Crippen LogP contribution is -2.39. The molecule has 1 aliphatic rings. The lowest BCUT2D eigenvalue weighted by atomic mass is 9.95. The van der Waals surface area contributed by atoms with E-state index in [4.69, 9.17) is 18.0 Å². The molecule has 1 heterocycles. The van der Waals surface area contributed by atoms with E-state index >= 15 is 0 Å². The molecule has 1 atom stereocenters. The summed E-state index contributed by atoms with van der Waals surface area (Å²) in [6.45, 7) is 4.46. The van der Waals surface area contributed by atoms with Crippen LogP contribution in [0, 0.1) is 5.92 Å². The smallest absolute Gasteiger partial charge is 0.0759 e. The Morgan fingerprint density at radius 1 is 1.29 bits per heavy atom. The second-order valence-corrected chi connectivity index (χ2v) is 5.27. The Morgan fingerprint density at radius 2 is 1.88 bits per heavy atom. The third kappa shape index (κ3) is 3.05. The van der Waals surface area contributed by atoms with Crippen LogP contribution < -0.4 is 5.73 Å². The first kappa shape index (κ1) is 12.5. The lowest BCUT2D eigenvalue weighted by molar-refractivity contribution is 0.160. The normalized spacial score (nSPS) is 20.1. The molecule has 0 amide bonds. The Labute approximate surface area is 109 Å². The van der Waals surface area contributed by atoms with Crippen molar-refractivity contribution in [3.63, 3.8) is 0 Å². The third-order valence-corrected chi connectivity index (χ3v) is 4.09. The first-order valence-corrected chi connectivity index (χ1v) is 6.67. The number of hydrogen-bond donors (Lipinski definition) is 1. The molecule has 17 heavy (non-hydrogen) atoms. The Hall–Kier alpha value is -0.930. The monoisotopic (exact) mass is 248 g/mol. The molecule has 1 aliphatic heterocycles. The highest BCUT2D eigenvalue weighted by atomic mass is 32.1. The van der Waals surface area contributed by atoms with Crippen molar-refractivity contribution in [2.24, 2.45) is 11.7 Å². The van der Waals surface area contributed by atoms with Crippen LogP contribution in [0.4, 0.5) is 0 Å². The lowest BCUT2D eigenvalue weighted by Gasteiger charge is -2.35. The fourth-order valence-corrected chi connectivity index (χ4v) is 2.75. The summed E-state index contributed by atoms with van der Waals surface area (Å²) in [6.07, 6.45) is 2.21. The summed E-state index contributed by atoms with van der Waals surface area (Å²) in [4.78, 5) is 3.21. The van der Waals surface area contributed by atoms with E-state index in [9.17, 15) is 0 Å². The summed E-state index contributed by atoms with van der Waals surface area (Å²) in [5, 5.41) is 0. The van der Waals surface area contributed by atoms with Crippen molar-refractivity contribution < 1.29 is 0 Å². The fourth-order valence-electron chi connectivity index (χ4n) is 2.51. The molecule has 1 aromatic carbocycles. The summed E-state index contributed by atoms with van der Waals surface area (Å²) < 4.78 is 0. The van der Waals surface area contributed by atoms with Gasteiger partial charge in [-0.2, -0.15) is 0 Å². The van der Waals surface area contributed by atoms with Crippen molar-refractivity contribution in [1.82, 2.24) is 4.90 Å². The van der Waals surface area contributed by atoms with Crippen molar-refractivity contribution in [3.8, 4) is 0 Å². The van der Waals surface area contributed by atoms with Gasteiger partial charge in [0.05, 0.1) is 4.99 Å². The van der Waals surface area contributed by atoms with Crippen LogP contribution in [0.1, 0.15) is 31.4 Å². The van der Waals surface area contributed by atoms with E-state index in [1.54, 1.807) is 0 Å². The van der Waals surface area contributed by atoms with Gasteiger partial charge in [-0.25, -0.2) is 0 Å². The summed E-state index contributed by atoms with van der Waals surface area (Å²) in [5.41, 5.74) is 7.10. The van der Waals surface area contributed by atoms with Crippen molar-refractivity contribution in [2.45, 2.75) is 25.8 Å². The van der Waals surface area contributed by atoms with Gasteiger partial charge in [-0.3, -0.25) is 4.90 Å². The highest BCUT2D eigenvalue weighted by Crippen LogP contribution is 2.26. The van der Waals surface area contributed by atoms with Gasteiger partial charge in [0.1, 0.15) is 0 Å². The van der Waals surface area contributed by atoms with Gasteiger partial charge in [0, 0.05) is 12.0 Å². The molecule has 92 valence electrons. The number of rotatable bonds is 3. The first-order chi connectivity index (χ1) is 8.18. The van der Waals surface area contributed by atoms with Crippen molar-refractivity contribution in [3.05, 3.63) is 35.9 Å². The van der Waals surface area contributed by atoms with Gasteiger partial charge in [0.25, 0.3) is 0 Å². The summed E-state index contributed by atoms with van der Waals surface area (Å²) in [5.74, 6) is 0.448. The zero-order valence-electron chi connectivity index (χ0n) is 10.3. The van der Waals surface area contributed by atoms with Crippen LogP contribution in [0.25, 0.3) is 0 Å². The van der Waals surface area contributed by atoms with Gasteiger partial charge in [0.2, 0.25) is 0 Å². The fraction of sp³-hybridized carbons (Fsp3) is 0.500. The standard InChI is InChI=1S/C14H20N2S/c1-11(12-5-3-2-4-6-12)16-9-7-13(8-10-16)14(15)17/h2-6,11,13H,7-10H2,1H3,(H2,15,17). The van der Waals surface area contributed by atoms with Crippen molar-refractivity contribution in [2.75, 3.05) is 13.1 Å². The van der Waals surface area contributed by atoms with E-state index in [1.807, 2.05) is 0 Å². The minimum atomic E-state index is 0.448. The SMILES string of the molecule is CC(c1ccccc1)N1CCC(C(N)=S)CC1. The third-order valence-electron chi connectivity index (χ3n) is 3.76. The van der Waals surface area contributed by atoms with Crippen LogP contribution in [0.5, 0.6) is 0 Å². The highest BCUT2D eigenvalue weighted by Gasteiger charge is 2.24. The van der Waals surface area contributed by atoms with Gasteiger partial charge in [-0.15, -0.1) is 0 Å². The van der Waals surface area contributed by atoms with Gasteiger partial charge in [0.15, 0.2) is 0 Å². The number of benzene rings is 1. The summed E-state index contributed by atoms with van der Waals surface area (Å²) in [6, 6.07) is 11.2. The first-order valence-electron chi connectivity index (χ1n) is 6.27. The maximum atomic E-state index is 5.71. The van der Waals surface area contributed by atoms with Gasteiger partial charge in [-0.1, -0.05) is 42.5 Å². The van der Waals surface area contributed by atoms with Crippen LogP contribution in [0.3, 0.4) is 0 Å². The quantitative estimate of drug-likeness (QED) is 0.834. The molecule has 0 saturated carbocycles. The average Bonchev–Trinajstić information content (AvgIpc) is 2.39. The maximum absolute atomic E-state index is 5.71. The number of nitrogens with zero attached hydrogens (tertiary/aromatic N) is 1. The molecule has 3 heteroatoms. The second-order valence-electron chi connectivity index (χ2n) is 4.80. The minimum absolute atomic E-state index is 0.448. The van der Waals surface area contributed by atoms with Gasteiger partial charge in [-0.05, 0) is 38.4 Å². The van der Waals surface area contributed by atoms with Crippen LogP contribution in [-0.2, 0) is 0 Å². The average molecular weight is 248 g/mol. The molecule has 0 aliphatic carbocycles. The zero-order valence-corrected chi connectivity index (χ0v) is 11.1. The maximum Gasteiger partial charge on any atom is 0.0759 e. The van der Waals surface area contributed by atoms with E-state index < -0.39 is 0 Å². The number of nitrogens with two attached hydrogens (primary N) is 1. The van der Waals surface area contributed by atoms with E-state index in [-0.39, 0.29) is 0 Å². The molecule has 2 rings (SSSR count). The zero-order chi connectivity index (χ0) is 12.3. The number of likely N-dealkylation sites (tertiary alicyclic amines) is 1. The molecule has 0 aromatic heterocycles. The molecule has 0 radical (unpaired) electrons. The molecule has 0 bridgehead atoms. The van der Waals surface area contributed by atoms with Crippen LogP contribution in [-0.4, -0.2) is 23.0 Å². The number of hydrogen-bond acceptors (Lipinski definition) is 2. The van der Waals surface area contributed by atoms with E-state index in [0.717, 1.165) is 25.9 Å². The van der Waals surface area contributed by atoms with Crippen LogP contribution in [0.2, 0.25) is 0 Å². The van der Waals surface area contributed by atoms with E-state index in [1.165, 1.54) is 5.56 Å². The molecule has 1 saturated heterocycles. The molecule has 0 spiro atoms. The van der Waals surface area contributed by atoms with Crippen molar-refractivity contribution in [1.29, 1.82) is 0 Å². The molecule has 1 fully saturated rings. The Bertz CT molecular complexity index is 369. The van der Waals surface area contributed by atoms with Gasteiger partial charge < -0.3 is 5.73 Å². The predicted octanol–water partition coefficient (Wildman–Crippen LogP) is 2.75. The summed E-state index contributed by atoms with van der Waals surface area (Å²) in [7, 11) is 0. The highest BCUT2D eigenvalue weighted by molar-refractivity contribution is 7.80. The van der Waals surface area contributed by atoms with E-state index in [2.05, 4.69) is 42.2 Å². The number of piperidine rings is 1. The second kappa shape index (κ2) is 5.61. The van der Waals surface area contributed by atoms with Crippen molar-refractivity contribution >= 4 is 17.2 Å². The molecular formula is C14H20N2S. The van der Waals surface area contributed by atoms with Crippen LogP contribution >= 0.6 is 12.2 Å². The molecule has 2 N–H and O–H groups in total. The Kier molecular flexibility index (Phi) is 4.13. The Morgan fingerprint density at radius 3 is 2.41 bits per heavy atom. The van der Waals surface area contributed by atoms with Crippen LogP contribution in [0.15, 0.2) is 30.3 Å². The largest absolute Gasteiger partial charge is 0.393 e. The molecule has 1 unspecified atom stereocenters. The predicted molar refractivity (Wildman–Crippen MR) is 75.9 cm³/mol. The van der Waals surface area contributed by atoms with E-state index in [0.29, 0.717) is 16.9 Å². The van der Waals surface area contributed by atoms with Gasteiger partial charge >= 0.3 is 0 Å². The topological polar surface area (TPSA) is 29.3 Å². The summed E-state index contributed by atoms with van der Waals surface area (Å²) >= 11 is 5.07.